The molecule has 72 valence electrons. The fraction of sp³-hybridized carbons (Fsp3) is 1.00. The van der Waals surface area contributed by atoms with E-state index in [-0.39, 0.29) is 11.8 Å². The Morgan fingerprint density at radius 1 is 1.42 bits per heavy atom. The molecule has 1 fully saturated rings. The zero-order chi connectivity index (χ0) is 9.35. The van der Waals surface area contributed by atoms with Crippen LogP contribution in [0.15, 0.2) is 0 Å². The van der Waals surface area contributed by atoms with E-state index in [1.807, 2.05) is 0 Å². The van der Waals surface area contributed by atoms with Crippen molar-refractivity contribution in [3.63, 3.8) is 0 Å². The average Bonchev–Trinajstić information content (AvgIpc) is 1.82. The van der Waals surface area contributed by atoms with E-state index in [0.717, 1.165) is 0 Å². The van der Waals surface area contributed by atoms with Gasteiger partial charge in [0.2, 0.25) is 0 Å². The Kier molecular flexibility index (Phi) is 2.77. The van der Waals surface area contributed by atoms with E-state index in [0.29, 0.717) is 5.75 Å². The molecule has 1 aliphatic rings. The lowest BCUT2D eigenvalue weighted by Crippen LogP contribution is -2.55. The minimum Gasteiger partial charge on any atom is -0.302 e. The van der Waals surface area contributed by atoms with Crippen LogP contribution in [-0.2, 0) is 10.8 Å². The molecule has 3 unspecified atom stereocenters. The van der Waals surface area contributed by atoms with Crippen LogP contribution in [0.1, 0.15) is 6.92 Å². The van der Waals surface area contributed by atoms with Crippen LogP contribution < -0.4 is 5.32 Å². The maximum atomic E-state index is 12.1. The van der Waals surface area contributed by atoms with Crippen LogP contribution in [0.25, 0.3) is 0 Å². The third kappa shape index (κ3) is 2.45. The molecule has 0 bridgehead atoms. The molecule has 3 atom stereocenters. The quantitative estimate of drug-likeness (QED) is 0.623. The van der Waals surface area contributed by atoms with Gasteiger partial charge >= 0.3 is 6.18 Å². The van der Waals surface area contributed by atoms with Crippen molar-refractivity contribution in [3.05, 3.63) is 0 Å². The van der Waals surface area contributed by atoms with Gasteiger partial charge in [-0.05, 0) is 6.92 Å². The predicted octanol–water partition coefficient (Wildman–Crippen LogP) is 0.658. The van der Waals surface area contributed by atoms with Gasteiger partial charge in [0, 0.05) is 28.3 Å². The van der Waals surface area contributed by atoms with Crippen molar-refractivity contribution in [1.82, 2.24) is 5.32 Å². The van der Waals surface area contributed by atoms with E-state index in [4.69, 9.17) is 0 Å². The first-order valence-electron chi connectivity index (χ1n) is 3.57. The van der Waals surface area contributed by atoms with Crippen LogP contribution in [0.5, 0.6) is 0 Å². The number of alkyl halides is 3. The SMILES string of the molecule is CC1CS(=O)CC(C(F)(F)F)N1. The Hall–Kier alpha value is -0.100. The predicted molar refractivity (Wildman–Crippen MR) is 40.3 cm³/mol. The molecule has 12 heavy (non-hydrogen) atoms. The number of hydrogen-bond acceptors (Lipinski definition) is 2. The highest BCUT2D eigenvalue weighted by atomic mass is 32.2. The number of halogens is 3. The molecule has 0 amide bonds. The molecular weight excluding hydrogens is 191 g/mol. The number of rotatable bonds is 0. The molecule has 0 saturated carbocycles. The van der Waals surface area contributed by atoms with E-state index in [1.54, 1.807) is 6.92 Å². The normalized spacial score (nSPS) is 38.2. The highest BCUT2D eigenvalue weighted by molar-refractivity contribution is 7.85. The summed E-state index contributed by atoms with van der Waals surface area (Å²) >= 11 is 0. The van der Waals surface area contributed by atoms with Crippen LogP contribution >= 0.6 is 0 Å². The topological polar surface area (TPSA) is 29.1 Å². The Morgan fingerprint density at radius 2 is 2.00 bits per heavy atom. The van der Waals surface area contributed by atoms with Crippen LogP contribution in [-0.4, -0.2) is 34.0 Å². The van der Waals surface area contributed by atoms with E-state index in [1.165, 1.54) is 0 Å². The van der Waals surface area contributed by atoms with Crippen molar-refractivity contribution in [3.8, 4) is 0 Å². The molecule has 1 N–H and O–H groups in total. The second-order valence-corrected chi connectivity index (χ2v) is 4.48. The van der Waals surface area contributed by atoms with Crippen LogP contribution in [0.3, 0.4) is 0 Å². The van der Waals surface area contributed by atoms with Crippen molar-refractivity contribution >= 4 is 10.8 Å². The van der Waals surface area contributed by atoms with Crippen molar-refractivity contribution in [1.29, 1.82) is 0 Å². The van der Waals surface area contributed by atoms with Crippen LogP contribution in [0.4, 0.5) is 13.2 Å². The molecule has 0 spiro atoms. The van der Waals surface area contributed by atoms with Gasteiger partial charge in [0.25, 0.3) is 0 Å². The fourth-order valence-electron chi connectivity index (χ4n) is 1.16. The summed E-state index contributed by atoms with van der Waals surface area (Å²) in [6.07, 6.45) is -4.27. The lowest BCUT2D eigenvalue weighted by Gasteiger charge is -2.29. The molecule has 0 aromatic heterocycles. The summed E-state index contributed by atoms with van der Waals surface area (Å²) in [7, 11) is -1.33. The van der Waals surface area contributed by atoms with Gasteiger partial charge in [0.1, 0.15) is 6.04 Å². The third-order valence-corrected chi connectivity index (χ3v) is 3.25. The summed E-state index contributed by atoms with van der Waals surface area (Å²) in [4.78, 5) is 0. The van der Waals surface area contributed by atoms with Gasteiger partial charge in [-0.15, -0.1) is 0 Å². The first-order valence-corrected chi connectivity index (χ1v) is 5.06. The number of hydrogen-bond donors (Lipinski definition) is 1. The van der Waals surface area contributed by atoms with E-state index >= 15 is 0 Å². The van der Waals surface area contributed by atoms with Gasteiger partial charge in [-0.2, -0.15) is 13.2 Å². The van der Waals surface area contributed by atoms with Crippen molar-refractivity contribution in [2.45, 2.75) is 25.2 Å². The maximum absolute atomic E-state index is 12.1. The van der Waals surface area contributed by atoms with Gasteiger partial charge in [-0.25, -0.2) is 0 Å². The van der Waals surface area contributed by atoms with E-state index < -0.39 is 23.0 Å². The zero-order valence-electron chi connectivity index (χ0n) is 6.52. The lowest BCUT2D eigenvalue weighted by atomic mass is 10.2. The smallest absolute Gasteiger partial charge is 0.302 e. The van der Waals surface area contributed by atoms with Crippen LogP contribution in [0, 0.1) is 0 Å². The van der Waals surface area contributed by atoms with Gasteiger partial charge in [-0.1, -0.05) is 0 Å². The molecule has 1 heterocycles. The summed E-state index contributed by atoms with van der Waals surface area (Å²) in [6, 6.07) is -1.91. The van der Waals surface area contributed by atoms with Crippen molar-refractivity contribution in [2.24, 2.45) is 0 Å². The van der Waals surface area contributed by atoms with Gasteiger partial charge in [0.05, 0.1) is 0 Å². The molecule has 0 aromatic carbocycles. The minimum atomic E-state index is -4.27. The Bertz CT molecular complexity index is 194. The van der Waals surface area contributed by atoms with Gasteiger partial charge in [-0.3, -0.25) is 4.21 Å². The molecule has 6 heteroatoms. The second-order valence-electron chi connectivity index (χ2n) is 2.94. The molecule has 2 nitrogen and oxygen atoms in total. The third-order valence-electron chi connectivity index (χ3n) is 1.67. The first-order chi connectivity index (χ1) is 5.39. The Morgan fingerprint density at radius 3 is 2.42 bits per heavy atom. The Balaban J connectivity index is 2.62. The minimum absolute atomic E-state index is 0.312. The first kappa shape index (κ1) is 9.98. The summed E-state index contributed by atoms with van der Waals surface area (Å²) in [5, 5.41) is 2.37. The highest BCUT2D eigenvalue weighted by Crippen LogP contribution is 2.23. The van der Waals surface area contributed by atoms with Gasteiger partial charge in [0.15, 0.2) is 0 Å². The molecule has 0 aromatic rings. The Labute approximate surface area is 71.0 Å². The molecule has 0 radical (unpaired) electrons. The summed E-state index contributed by atoms with van der Waals surface area (Å²) in [6.45, 7) is 1.61. The average molecular weight is 201 g/mol. The van der Waals surface area contributed by atoms with Gasteiger partial charge < -0.3 is 5.32 Å². The maximum Gasteiger partial charge on any atom is 0.404 e. The summed E-state index contributed by atoms with van der Waals surface area (Å²) in [5.41, 5.74) is 0. The largest absolute Gasteiger partial charge is 0.404 e. The van der Waals surface area contributed by atoms with Crippen molar-refractivity contribution < 1.29 is 17.4 Å². The summed E-state index contributed by atoms with van der Waals surface area (Å²) < 4.78 is 47.2. The summed E-state index contributed by atoms with van der Waals surface area (Å²) in [5.74, 6) is 0.000417. The lowest BCUT2D eigenvalue weighted by molar-refractivity contribution is -0.152. The zero-order valence-corrected chi connectivity index (χ0v) is 7.34. The second kappa shape index (κ2) is 3.33. The molecule has 1 aliphatic heterocycles. The molecular formula is C6H10F3NOS. The van der Waals surface area contributed by atoms with Crippen LogP contribution in [0.2, 0.25) is 0 Å². The fourth-order valence-corrected chi connectivity index (χ4v) is 2.61. The van der Waals surface area contributed by atoms with E-state index in [9.17, 15) is 17.4 Å². The monoisotopic (exact) mass is 201 g/mol. The number of nitrogens with one attached hydrogen (secondary N) is 1. The molecule has 1 saturated heterocycles. The highest BCUT2D eigenvalue weighted by Gasteiger charge is 2.43. The van der Waals surface area contributed by atoms with Crippen molar-refractivity contribution in [2.75, 3.05) is 11.5 Å². The molecule has 0 aliphatic carbocycles. The van der Waals surface area contributed by atoms with E-state index in [2.05, 4.69) is 5.32 Å². The molecule has 1 rings (SSSR count). The standard InChI is InChI=1S/C6H10F3NOS/c1-4-2-12(11)3-5(10-4)6(7,8)9/h4-5,10H,2-3H2,1H3.